The molecule has 0 saturated heterocycles. The van der Waals surface area contributed by atoms with Crippen molar-refractivity contribution in [2.75, 3.05) is 6.54 Å². The van der Waals surface area contributed by atoms with Gasteiger partial charge < -0.3 is 48.5 Å². The van der Waals surface area contributed by atoms with Crippen LogP contribution in [-0.2, 0) is 24.0 Å². The van der Waals surface area contributed by atoms with Gasteiger partial charge in [0.2, 0.25) is 17.7 Å². The Kier molecular flexibility index (Phi) is 13.0. The number of carbonyl (C=O) groups is 5. The van der Waals surface area contributed by atoms with E-state index in [1.165, 1.54) is 6.92 Å². The number of aliphatic hydroxyl groups excluding tert-OH is 1. The number of aliphatic carboxylic acids is 2. The smallest absolute Gasteiger partial charge is 0.328 e. The van der Waals surface area contributed by atoms with E-state index in [0.717, 1.165) is 6.92 Å². The molecule has 0 radical (unpaired) electrons. The van der Waals surface area contributed by atoms with Crippen LogP contribution in [0, 0.1) is 0 Å². The van der Waals surface area contributed by atoms with Crippen LogP contribution in [0.2, 0.25) is 0 Å². The molecule has 0 spiro atoms. The largest absolute Gasteiger partial charge is 0.481 e. The van der Waals surface area contributed by atoms with Gasteiger partial charge in [0.1, 0.15) is 12.1 Å². The summed E-state index contributed by atoms with van der Waals surface area (Å²) in [5, 5.41) is 34.4. The third kappa shape index (κ3) is 12.2. The van der Waals surface area contributed by atoms with Crippen molar-refractivity contribution in [2.24, 2.45) is 22.2 Å². The van der Waals surface area contributed by atoms with Crippen LogP contribution < -0.4 is 33.2 Å². The van der Waals surface area contributed by atoms with Gasteiger partial charge >= 0.3 is 11.9 Å². The van der Waals surface area contributed by atoms with E-state index in [1.807, 2.05) is 0 Å². The van der Waals surface area contributed by atoms with Crippen LogP contribution in [0.15, 0.2) is 4.99 Å². The van der Waals surface area contributed by atoms with Crippen LogP contribution in [0.5, 0.6) is 0 Å². The number of nitrogens with two attached hydrogens (primary N) is 3. The molecule has 0 saturated carbocycles. The molecule has 15 heteroatoms. The van der Waals surface area contributed by atoms with Crippen LogP contribution in [0.3, 0.4) is 0 Å². The first-order chi connectivity index (χ1) is 15.3. The fourth-order valence-corrected chi connectivity index (χ4v) is 2.53. The molecule has 188 valence electrons. The molecular formula is C18H33N7O8. The highest BCUT2D eigenvalue weighted by Crippen LogP contribution is 2.05. The number of carboxylic acid groups (broad SMARTS) is 2. The van der Waals surface area contributed by atoms with Gasteiger partial charge in [0.15, 0.2) is 12.0 Å². The fraction of sp³-hybridized carbons (Fsp3) is 0.667. The molecule has 3 amide bonds. The normalized spacial score (nSPS) is 15.2. The lowest BCUT2D eigenvalue weighted by Crippen LogP contribution is -2.58. The quantitative estimate of drug-likeness (QED) is 0.0628. The van der Waals surface area contributed by atoms with Gasteiger partial charge in [-0.15, -0.1) is 0 Å². The van der Waals surface area contributed by atoms with Crippen LogP contribution in [-0.4, -0.2) is 87.8 Å². The Labute approximate surface area is 190 Å². The average Bonchev–Trinajstić information content (AvgIpc) is 2.69. The standard InChI is InChI=1S/C18H33N7O8/c1-8(19)14(29)23-10(4-3-7-22-18(20)21)15(30)24-11(5-6-12(27)28)16(31)25-13(9(2)26)17(32)33/h8-11,13,26H,3-7,19H2,1-2H3,(H,23,29)(H,24,30)(H,25,31)(H,27,28)(H,32,33)(H4,20,21,22). The van der Waals surface area contributed by atoms with E-state index in [1.54, 1.807) is 0 Å². The van der Waals surface area contributed by atoms with Crippen molar-refractivity contribution in [3.63, 3.8) is 0 Å². The van der Waals surface area contributed by atoms with Crippen LogP contribution in [0.25, 0.3) is 0 Å². The zero-order valence-electron chi connectivity index (χ0n) is 18.5. The minimum Gasteiger partial charge on any atom is -0.481 e. The van der Waals surface area contributed by atoms with Gasteiger partial charge in [0.05, 0.1) is 12.1 Å². The van der Waals surface area contributed by atoms with Gasteiger partial charge in [-0.2, -0.15) is 0 Å². The van der Waals surface area contributed by atoms with Crippen LogP contribution in [0.4, 0.5) is 0 Å². The number of guanidine groups is 1. The second-order valence-corrected chi connectivity index (χ2v) is 7.36. The van der Waals surface area contributed by atoms with Gasteiger partial charge in [-0.3, -0.25) is 24.2 Å². The Morgan fingerprint density at radius 3 is 1.85 bits per heavy atom. The molecule has 33 heavy (non-hydrogen) atoms. The third-order valence-corrected chi connectivity index (χ3v) is 4.32. The predicted molar refractivity (Wildman–Crippen MR) is 116 cm³/mol. The van der Waals surface area contributed by atoms with Crippen molar-refractivity contribution >= 4 is 35.6 Å². The Bertz CT molecular complexity index is 737. The van der Waals surface area contributed by atoms with Gasteiger partial charge in [-0.1, -0.05) is 0 Å². The van der Waals surface area contributed by atoms with E-state index in [4.69, 9.17) is 27.4 Å². The zero-order chi connectivity index (χ0) is 25.7. The first-order valence-electron chi connectivity index (χ1n) is 10.1. The Morgan fingerprint density at radius 2 is 1.39 bits per heavy atom. The maximum absolute atomic E-state index is 12.8. The summed E-state index contributed by atoms with van der Waals surface area (Å²) in [6, 6.07) is -5.24. The van der Waals surface area contributed by atoms with Crippen molar-refractivity contribution in [1.29, 1.82) is 0 Å². The maximum atomic E-state index is 12.8. The third-order valence-electron chi connectivity index (χ3n) is 4.32. The molecule has 12 N–H and O–H groups in total. The molecule has 0 bridgehead atoms. The van der Waals surface area contributed by atoms with Gasteiger partial charge in [-0.05, 0) is 33.1 Å². The first-order valence-corrected chi connectivity index (χ1v) is 10.1. The minimum atomic E-state index is -1.69. The first kappa shape index (κ1) is 29.5. The number of aliphatic imine (C=N–C) groups is 1. The van der Waals surface area contributed by atoms with E-state index >= 15 is 0 Å². The second-order valence-electron chi connectivity index (χ2n) is 7.36. The summed E-state index contributed by atoms with van der Waals surface area (Å²) in [4.78, 5) is 63.3. The molecule has 0 aromatic carbocycles. The second kappa shape index (κ2) is 14.6. The average molecular weight is 476 g/mol. The summed E-state index contributed by atoms with van der Waals surface area (Å²) in [5.74, 6) is -5.44. The van der Waals surface area contributed by atoms with E-state index in [0.29, 0.717) is 0 Å². The number of nitrogens with one attached hydrogen (secondary N) is 3. The minimum absolute atomic E-state index is 0.0553. The van der Waals surface area contributed by atoms with Crippen molar-refractivity contribution in [3.8, 4) is 0 Å². The van der Waals surface area contributed by atoms with Crippen molar-refractivity contribution in [1.82, 2.24) is 16.0 Å². The summed E-state index contributed by atoms with van der Waals surface area (Å²) in [6.45, 7) is 2.69. The molecule has 5 unspecified atom stereocenters. The Hall–Kier alpha value is -3.46. The van der Waals surface area contributed by atoms with E-state index in [-0.39, 0.29) is 31.8 Å². The number of hydrogen-bond donors (Lipinski definition) is 9. The highest BCUT2D eigenvalue weighted by atomic mass is 16.4. The molecule has 0 heterocycles. The molecule has 0 aliphatic rings. The lowest BCUT2D eigenvalue weighted by atomic mass is 10.1. The number of carboxylic acids is 2. The number of hydrogen-bond acceptors (Lipinski definition) is 8. The summed E-state index contributed by atoms with van der Waals surface area (Å²) in [5.41, 5.74) is 16.0. The number of amides is 3. The summed E-state index contributed by atoms with van der Waals surface area (Å²) in [6.07, 6.45) is -2.03. The fourth-order valence-electron chi connectivity index (χ4n) is 2.53. The number of carbonyl (C=O) groups excluding carboxylic acids is 3. The molecule has 0 aliphatic carbocycles. The lowest BCUT2D eigenvalue weighted by Gasteiger charge is -2.25. The van der Waals surface area contributed by atoms with E-state index in [2.05, 4.69) is 20.9 Å². The topological polar surface area (TPSA) is 273 Å². The van der Waals surface area contributed by atoms with E-state index < -0.39 is 66.4 Å². The number of rotatable bonds is 15. The number of nitrogens with zero attached hydrogens (tertiary/aromatic N) is 1. The SMILES string of the molecule is CC(N)C(=O)NC(CCCN=C(N)N)C(=O)NC(CCC(=O)O)C(=O)NC(C(=O)O)C(C)O. The van der Waals surface area contributed by atoms with Crippen molar-refractivity contribution in [2.45, 2.75) is 69.8 Å². The highest BCUT2D eigenvalue weighted by Gasteiger charge is 2.31. The molecule has 0 aliphatic heterocycles. The van der Waals surface area contributed by atoms with Gasteiger partial charge in [-0.25, -0.2) is 4.79 Å². The number of aliphatic hydroxyl groups is 1. The van der Waals surface area contributed by atoms with Crippen LogP contribution in [0.1, 0.15) is 39.5 Å². The highest BCUT2D eigenvalue weighted by molar-refractivity contribution is 5.94. The molecule has 15 nitrogen and oxygen atoms in total. The molecule has 0 fully saturated rings. The molecule has 5 atom stereocenters. The molecule has 0 aromatic rings. The van der Waals surface area contributed by atoms with Gasteiger partial charge in [0.25, 0.3) is 0 Å². The van der Waals surface area contributed by atoms with Crippen molar-refractivity contribution in [3.05, 3.63) is 0 Å². The summed E-state index contributed by atoms with van der Waals surface area (Å²) in [7, 11) is 0. The van der Waals surface area contributed by atoms with Crippen molar-refractivity contribution < 1.29 is 39.3 Å². The molecule has 0 rings (SSSR count). The Morgan fingerprint density at radius 1 is 0.879 bits per heavy atom. The van der Waals surface area contributed by atoms with Gasteiger partial charge in [0, 0.05) is 13.0 Å². The Balaban J connectivity index is 5.53. The maximum Gasteiger partial charge on any atom is 0.328 e. The summed E-state index contributed by atoms with van der Waals surface area (Å²) >= 11 is 0. The molecular weight excluding hydrogens is 442 g/mol. The predicted octanol–water partition coefficient (Wildman–Crippen LogP) is -3.83. The van der Waals surface area contributed by atoms with Crippen LogP contribution >= 0.6 is 0 Å². The zero-order valence-corrected chi connectivity index (χ0v) is 18.5. The van der Waals surface area contributed by atoms with E-state index in [9.17, 15) is 29.1 Å². The lowest BCUT2D eigenvalue weighted by molar-refractivity contribution is -0.145. The monoisotopic (exact) mass is 475 g/mol. The molecule has 0 aromatic heterocycles. The summed E-state index contributed by atoms with van der Waals surface area (Å²) < 4.78 is 0.